The Hall–Kier alpha value is -2.25. The van der Waals surface area contributed by atoms with Gasteiger partial charge in [-0.15, -0.1) is 0 Å². The Morgan fingerprint density at radius 3 is 2.47 bits per heavy atom. The largest absolute Gasteiger partial charge is 0.470 e. The number of hydrogen-bond acceptors (Lipinski definition) is 3. The first-order chi connectivity index (χ1) is 7.89. The predicted octanol–water partition coefficient (Wildman–Crippen LogP) is 1.14. The van der Waals surface area contributed by atoms with Crippen LogP contribution in [0.1, 0.15) is 5.69 Å². The van der Waals surface area contributed by atoms with Crippen LogP contribution in [0.4, 0.5) is 13.2 Å². The molecule has 90 valence electrons. The molecule has 0 spiro atoms. The second kappa shape index (κ2) is 3.65. The molecule has 0 saturated carbocycles. The highest BCUT2D eigenvalue weighted by atomic mass is 19.4. The number of halogens is 3. The van der Waals surface area contributed by atoms with E-state index < -0.39 is 23.1 Å². The molecule has 0 aliphatic heterocycles. The third kappa shape index (κ3) is 2.01. The lowest BCUT2D eigenvalue weighted by molar-refractivity contribution is -0.141. The molecule has 0 aromatic carbocycles. The summed E-state index contributed by atoms with van der Waals surface area (Å²) in [7, 11) is 0. The van der Waals surface area contributed by atoms with Crippen LogP contribution >= 0.6 is 0 Å². The van der Waals surface area contributed by atoms with Crippen molar-refractivity contribution in [3.05, 3.63) is 51.2 Å². The lowest BCUT2D eigenvalue weighted by Crippen LogP contribution is -2.35. The summed E-state index contributed by atoms with van der Waals surface area (Å²) >= 11 is 0. The van der Waals surface area contributed by atoms with E-state index >= 15 is 0 Å². The molecule has 1 N–H and O–H groups in total. The highest BCUT2D eigenvalue weighted by Crippen LogP contribution is 2.25. The molecule has 0 aliphatic rings. The number of furan rings is 1. The van der Waals surface area contributed by atoms with Gasteiger partial charge in [-0.25, -0.2) is 9.36 Å². The third-order valence-corrected chi connectivity index (χ3v) is 2.00. The molecular formula is C9H5F3N2O3. The van der Waals surface area contributed by atoms with Gasteiger partial charge in [-0.3, -0.25) is 4.79 Å². The van der Waals surface area contributed by atoms with E-state index in [0.29, 0.717) is 10.6 Å². The summed E-state index contributed by atoms with van der Waals surface area (Å²) in [6.07, 6.45) is -2.50. The highest BCUT2D eigenvalue weighted by Gasteiger charge is 2.33. The minimum atomic E-state index is -4.77. The van der Waals surface area contributed by atoms with Crippen molar-refractivity contribution in [2.45, 2.75) is 6.18 Å². The second-order valence-corrected chi connectivity index (χ2v) is 3.14. The van der Waals surface area contributed by atoms with E-state index in [1.807, 2.05) is 0 Å². The Bertz CT molecular complexity index is 605. The van der Waals surface area contributed by atoms with Crippen LogP contribution in [0.2, 0.25) is 0 Å². The number of nitrogens with one attached hydrogen (secondary N) is 1. The van der Waals surface area contributed by atoms with Crippen LogP contribution in [-0.4, -0.2) is 9.55 Å². The number of nitrogens with zero attached hydrogens (tertiary/aromatic N) is 1. The number of aromatic amines is 1. The molecule has 8 heteroatoms. The molecule has 2 heterocycles. The lowest BCUT2D eigenvalue weighted by atomic mass is 10.4. The molecule has 2 aromatic rings. The normalized spacial score (nSPS) is 11.7. The van der Waals surface area contributed by atoms with Crippen LogP contribution in [-0.2, 0) is 6.18 Å². The summed E-state index contributed by atoms with van der Waals surface area (Å²) in [5.74, 6) is 0. The molecule has 2 rings (SSSR count). The Morgan fingerprint density at radius 1 is 1.29 bits per heavy atom. The van der Waals surface area contributed by atoms with Gasteiger partial charge in [-0.05, 0) is 0 Å². The van der Waals surface area contributed by atoms with E-state index in [-0.39, 0.29) is 5.69 Å². The fraction of sp³-hybridized carbons (Fsp3) is 0.111. The van der Waals surface area contributed by atoms with Crippen LogP contribution in [0.15, 0.2) is 38.7 Å². The van der Waals surface area contributed by atoms with Crippen molar-refractivity contribution in [3.8, 4) is 5.69 Å². The van der Waals surface area contributed by atoms with Crippen molar-refractivity contribution in [2.75, 3.05) is 0 Å². The molecule has 0 atom stereocenters. The van der Waals surface area contributed by atoms with E-state index in [1.54, 1.807) is 4.98 Å². The van der Waals surface area contributed by atoms with Crippen LogP contribution in [0.3, 0.4) is 0 Å². The molecule has 0 fully saturated rings. The third-order valence-electron chi connectivity index (χ3n) is 2.00. The molecule has 0 amide bonds. The number of H-pyrrole nitrogens is 1. The van der Waals surface area contributed by atoms with Crippen molar-refractivity contribution in [1.29, 1.82) is 0 Å². The van der Waals surface area contributed by atoms with Gasteiger partial charge in [0.1, 0.15) is 12.0 Å². The van der Waals surface area contributed by atoms with Gasteiger partial charge in [0, 0.05) is 12.1 Å². The maximum atomic E-state index is 12.3. The molecule has 0 radical (unpaired) electrons. The molecule has 17 heavy (non-hydrogen) atoms. The van der Waals surface area contributed by atoms with Gasteiger partial charge < -0.3 is 9.40 Å². The SMILES string of the molecule is O=c1cc(C(F)(F)F)[nH]c(=O)n1-c1ccoc1. The van der Waals surface area contributed by atoms with Crippen molar-refractivity contribution >= 4 is 0 Å². The fourth-order valence-corrected chi connectivity index (χ4v) is 1.28. The fourth-order valence-electron chi connectivity index (χ4n) is 1.28. The molecule has 0 aliphatic carbocycles. The quantitative estimate of drug-likeness (QED) is 0.820. The Balaban J connectivity index is 2.68. The van der Waals surface area contributed by atoms with Crippen molar-refractivity contribution in [2.24, 2.45) is 0 Å². The average Bonchev–Trinajstić information content (AvgIpc) is 2.68. The van der Waals surface area contributed by atoms with Gasteiger partial charge in [0.15, 0.2) is 0 Å². The first-order valence-corrected chi connectivity index (χ1v) is 4.36. The summed E-state index contributed by atoms with van der Waals surface area (Å²) in [6, 6.07) is 1.60. The molecule has 0 bridgehead atoms. The van der Waals surface area contributed by atoms with E-state index in [1.165, 1.54) is 12.3 Å². The summed E-state index contributed by atoms with van der Waals surface area (Å²) in [5.41, 5.74) is -3.58. The van der Waals surface area contributed by atoms with Crippen molar-refractivity contribution in [3.63, 3.8) is 0 Å². The van der Waals surface area contributed by atoms with E-state index in [2.05, 4.69) is 4.42 Å². The van der Waals surface area contributed by atoms with Gasteiger partial charge in [0.2, 0.25) is 0 Å². The molecular weight excluding hydrogens is 241 g/mol. The smallest absolute Gasteiger partial charge is 0.431 e. The van der Waals surface area contributed by atoms with Crippen LogP contribution in [0.25, 0.3) is 5.69 Å². The zero-order valence-electron chi connectivity index (χ0n) is 8.12. The minimum Gasteiger partial charge on any atom is -0.470 e. The lowest BCUT2D eigenvalue weighted by Gasteiger charge is -2.07. The number of hydrogen-bond donors (Lipinski definition) is 1. The zero-order chi connectivity index (χ0) is 12.6. The topological polar surface area (TPSA) is 68.0 Å². The first-order valence-electron chi connectivity index (χ1n) is 4.36. The standard InChI is InChI=1S/C9H5F3N2O3/c10-9(11,12)6-3-7(15)14(8(16)13-6)5-1-2-17-4-5/h1-4H,(H,13,16). The van der Waals surface area contributed by atoms with Gasteiger partial charge in [-0.1, -0.05) is 0 Å². The molecule has 0 saturated heterocycles. The maximum absolute atomic E-state index is 12.3. The summed E-state index contributed by atoms with van der Waals surface area (Å²) in [5, 5.41) is 0. The van der Waals surface area contributed by atoms with E-state index in [0.717, 1.165) is 6.26 Å². The first kappa shape index (κ1) is 11.2. The number of alkyl halides is 3. The molecule has 2 aromatic heterocycles. The zero-order valence-corrected chi connectivity index (χ0v) is 8.12. The number of aromatic nitrogens is 2. The summed E-state index contributed by atoms with van der Waals surface area (Å²) in [4.78, 5) is 24.4. The highest BCUT2D eigenvalue weighted by molar-refractivity contribution is 5.26. The summed E-state index contributed by atoms with van der Waals surface area (Å²) < 4.78 is 42.0. The average molecular weight is 246 g/mol. The van der Waals surface area contributed by atoms with Crippen LogP contribution in [0, 0.1) is 0 Å². The van der Waals surface area contributed by atoms with Gasteiger partial charge in [0.05, 0.1) is 12.0 Å². The molecule has 5 nitrogen and oxygen atoms in total. The molecule has 0 unspecified atom stereocenters. The van der Waals surface area contributed by atoms with Gasteiger partial charge >= 0.3 is 11.9 Å². The van der Waals surface area contributed by atoms with Gasteiger partial charge in [0.25, 0.3) is 5.56 Å². The summed E-state index contributed by atoms with van der Waals surface area (Å²) in [6.45, 7) is 0. The van der Waals surface area contributed by atoms with Crippen LogP contribution < -0.4 is 11.2 Å². The van der Waals surface area contributed by atoms with Crippen LogP contribution in [0.5, 0.6) is 0 Å². The van der Waals surface area contributed by atoms with E-state index in [4.69, 9.17) is 0 Å². The van der Waals surface area contributed by atoms with Crippen molar-refractivity contribution < 1.29 is 17.6 Å². The minimum absolute atomic E-state index is 0.0602. The maximum Gasteiger partial charge on any atom is 0.431 e. The van der Waals surface area contributed by atoms with Crippen molar-refractivity contribution in [1.82, 2.24) is 9.55 Å². The predicted molar refractivity (Wildman–Crippen MR) is 49.9 cm³/mol. The number of rotatable bonds is 1. The second-order valence-electron chi connectivity index (χ2n) is 3.14. The Kier molecular flexibility index (Phi) is 2.41. The van der Waals surface area contributed by atoms with E-state index in [9.17, 15) is 22.8 Å². The Morgan fingerprint density at radius 2 is 2.00 bits per heavy atom. The Labute approximate surface area is 91.1 Å². The monoisotopic (exact) mass is 246 g/mol. The van der Waals surface area contributed by atoms with Gasteiger partial charge in [-0.2, -0.15) is 13.2 Å².